The lowest BCUT2D eigenvalue weighted by Crippen LogP contribution is -2.19. The molecule has 0 aliphatic rings. The third-order valence-corrected chi connectivity index (χ3v) is 4.72. The summed E-state index contributed by atoms with van der Waals surface area (Å²) in [6.45, 7) is 0. The number of hydrogen-bond acceptors (Lipinski definition) is 5. The fraction of sp³-hybridized carbons (Fsp3) is 0.0526. The van der Waals surface area contributed by atoms with Crippen LogP contribution in [0.4, 0.5) is 13.2 Å². The van der Waals surface area contributed by atoms with Gasteiger partial charge >= 0.3 is 5.69 Å². The second kappa shape index (κ2) is 7.44. The smallest absolute Gasteiger partial charge is 0.285 e. The highest BCUT2D eigenvalue weighted by Gasteiger charge is 2.23. The van der Waals surface area contributed by atoms with E-state index in [0.717, 1.165) is 28.4 Å². The summed E-state index contributed by atoms with van der Waals surface area (Å²) < 4.78 is 42.3. The number of hydrogen-bond donors (Lipinski definition) is 1. The van der Waals surface area contributed by atoms with Gasteiger partial charge < -0.3 is 0 Å². The van der Waals surface area contributed by atoms with Gasteiger partial charge in [0.25, 0.3) is 0 Å². The molecule has 3 aromatic heterocycles. The van der Waals surface area contributed by atoms with Crippen LogP contribution >= 0.6 is 11.8 Å². The predicted octanol–water partition coefficient (Wildman–Crippen LogP) is 3.29. The van der Waals surface area contributed by atoms with E-state index in [1.165, 1.54) is 6.20 Å². The van der Waals surface area contributed by atoms with Crippen molar-refractivity contribution in [2.24, 2.45) is 0 Å². The fourth-order valence-electron chi connectivity index (χ4n) is 2.75. The Morgan fingerprint density at radius 2 is 1.97 bits per heavy atom. The van der Waals surface area contributed by atoms with E-state index >= 15 is 0 Å². The summed E-state index contributed by atoms with van der Waals surface area (Å²) in [6.07, 6.45) is 6.74. The zero-order valence-electron chi connectivity index (χ0n) is 14.5. The molecule has 1 N–H and O–H groups in total. The maximum atomic E-state index is 13.9. The minimum atomic E-state index is -1.60. The van der Waals surface area contributed by atoms with Gasteiger partial charge in [0, 0.05) is 6.20 Å². The monoisotopic (exact) mass is 413 g/mol. The zero-order valence-corrected chi connectivity index (χ0v) is 15.3. The molecule has 0 radical (unpaired) electrons. The standard InChI is InChI=1S/C19H10F3N5OS/c1-2-7-29-18-24-17-14(10-8-11(20)15(22)12(21)9-10)16(13-5-3-4-6-23-13)26-27(17)19(28)25-18/h1,3-6,8-9H,7H2,(H,24,25,28). The van der Waals surface area contributed by atoms with Gasteiger partial charge in [0.1, 0.15) is 5.69 Å². The number of nitrogens with zero attached hydrogens (tertiary/aromatic N) is 4. The molecule has 3 heterocycles. The van der Waals surface area contributed by atoms with Gasteiger partial charge in [0.2, 0.25) is 0 Å². The van der Waals surface area contributed by atoms with Crippen molar-refractivity contribution in [3.63, 3.8) is 0 Å². The molecule has 4 rings (SSSR count). The SMILES string of the molecule is C#CCSc1nc2c(-c3cc(F)c(F)c(F)c3)c(-c3ccccn3)nn2c(=O)[nH]1. The molecule has 0 amide bonds. The second-order valence-corrected chi connectivity index (χ2v) is 6.73. The molecule has 0 aliphatic heterocycles. The molecule has 0 saturated carbocycles. The predicted molar refractivity (Wildman–Crippen MR) is 102 cm³/mol. The van der Waals surface area contributed by atoms with Crippen molar-refractivity contribution in [1.82, 2.24) is 24.6 Å². The Labute approximate surface area is 165 Å². The van der Waals surface area contributed by atoms with Gasteiger partial charge in [-0.3, -0.25) is 9.97 Å². The van der Waals surface area contributed by atoms with Gasteiger partial charge in [0.15, 0.2) is 28.3 Å². The summed E-state index contributed by atoms with van der Waals surface area (Å²) in [5, 5.41) is 4.43. The van der Waals surface area contributed by atoms with Crippen LogP contribution in [0.3, 0.4) is 0 Å². The van der Waals surface area contributed by atoms with Crippen molar-refractivity contribution >= 4 is 17.4 Å². The molecule has 0 aliphatic carbocycles. The topological polar surface area (TPSA) is 75.9 Å². The van der Waals surface area contributed by atoms with E-state index in [2.05, 4.69) is 26.0 Å². The summed E-state index contributed by atoms with van der Waals surface area (Å²) in [4.78, 5) is 23.5. The molecule has 0 spiro atoms. The van der Waals surface area contributed by atoms with E-state index in [9.17, 15) is 18.0 Å². The average molecular weight is 413 g/mol. The molecule has 144 valence electrons. The highest BCUT2D eigenvalue weighted by molar-refractivity contribution is 7.99. The van der Waals surface area contributed by atoms with Crippen LogP contribution in [0.15, 0.2) is 46.5 Å². The number of terminal acetylenes is 1. The number of halogens is 3. The molecule has 1 aromatic carbocycles. The van der Waals surface area contributed by atoms with E-state index in [0.29, 0.717) is 5.69 Å². The van der Waals surface area contributed by atoms with Crippen LogP contribution in [0, 0.1) is 29.8 Å². The Morgan fingerprint density at radius 1 is 1.21 bits per heavy atom. The first-order valence-corrected chi connectivity index (χ1v) is 9.13. The first-order chi connectivity index (χ1) is 14.0. The number of H-pyrrole nitrogens is 1. The molecular formula is C19H10F3N5OS. The van der Waals surface area contributed by atoms with Crippen molar-refractivity contribution in [2.75, 3.05) is 5.75 Å². The second-order valence-electron chi connectivity index (χ2n) is 5.77. The third kappa shape index (κ3) is 3.36. The van der Waals surface area contributed by atoms with E-state index in [4.69, 9.17) is 6.42 Å². The molecular weight excluding hydrogens is 403 g/mol. The highest BCUT2D eigenvalue weighted by atomic mass is 32.2. The van der Waals surface area contributed by atoms with E-state index in [1.807, 2.05) is 0 Å². The highest BCUT2D eigenvalue weighted by Crippen LogP contribution is 2.34. The van der Waals surface area contributed by atoms with Gasteiger partial charge in [-0.25, -0.2) is 22.9 Å². The van der Waals surface area contributed by atoms with E-state index < -0.39 is 23.1 Å². The molecule has 29 heavy (non-hydrogen) atoms. The van der Waals surface area contributed by atoms with E-state index in [1.54, 1.807) is 18.2 Å². The molecule has 0 unspecified atom stereocenters. The Kier molecular flexibility index (Phi) is 4.82. The van der Waals surface area contributed by atoms with Crippen molar-refractivity contribution < 1.29 is 13.2 Å². The molecule has 0 atom stereocenters. The Balaban J connectivity index is 2.07. The molecule has 10 heteroatoms. The first-order valence-electron chi connectivity index (χ1n) is 8.15. The Morgan fingerprint density at radius 3 is 2.62 bits per heavy atom. The number of benzene rings is 1. The maximum Gasteiger partial charge on any atom is 0.350 e. The lowest BCUT2D eigenvalue weighted by Gasteiger charge is -2.05. The van der Waals surface area contributed by atoms with Crippen LogP contribution in [0.5, 0.6) is 0 Å². The van der Waals surface area contributed by atoms with Gasteiger partial charge in [-0.1, -0.05) is 23.7 Å². The van der Waals surface area contributed by atoms with E-state index in [-0.39, 0.29) is 33.4 Å². The van der Waals surface area contributed by atoms with Crippen LogP contribution < -0.4 is 5.69 Å². The Hall–Kier alpha value is -3.58. The fourth-order valence-corrected chi connectivity index (χ4v) is 3.28. The number of aromatic nitrogens is 5. The normalized spacial score (nSPS) is 11.0. The van der Waals surface area contributed by atoms with Crippen molar-refractivity contribution in [3.8, 4) is 34.9 Å². The first kappa shape index (κ1) is 18.8. The van der Waals surface area contributed by atoms with Crippen LogP contribution in [0.2, 0.25) is 0 Å². The minimum Gasteiger partial charge on any atom is -0.285 e. The summed E-state index contributed by atoms with van der Waals surface area (Å²) in [5.74, 6) is -1.69. The van der Waals surface area contributed by atoms with Crippen LogP contribution in [0.25, 0.3) is 28.2 Å². The van der Waals surface area contributed by atoms with Crippen LogP contribution in [-0.2, 0) is 0 Å². The number of fused-ring (bicyclic) bond motifs is 1. The third-order valence-electron chi connectivity index (χ3n) is 3.95. The molecule has 0 fully saturated rings. The van der Waals surface area contributed by atoms with Gasteiger partial charge in [-0.05, 0) is 29.8 Å². The van der Waals surface area contributed by atoms with Gasteiger partial charge in [-0.2, -0.15) is 9.61 Å². The summed E-state index contributed by atoms with van der Waals surface area (Å²) in [6, 6.07) is 6.62. The number of thioether (sulfide) groups is 1. The summed E-state index contributed by atoms with van der Waals surface area (Å²) in [7, 11) is 0. The number of rotatable bonds is 4. The number of nitrogens with one attached hydrogen (secondary N) is 1. The number of pyridine rings is 1. The minimum absolute atomic E-state index is 0.0272. The molecule has 6 nitrogen and oxygen atoms in total. The quantitative estimate of drug-likeness (QED) is 0.316. The lowest BCUT2D eigenvalue weighted by molar-refractivity contribution is 0.448. The summed E-state index contributed by atoms with van der Waals surface area (Å²) >= 11 is 1.10. The lowest BCUT2D eigenvalue weighted by atomic mass is 10.0. The Bertz CT molecular complexity index is 1300. The van der Waals surface area contributed by atoms with Gasteiger partial charge in [-0.15, -0.1) is 6.42 Å². The molecule has 0 bridgehead atoms. The van der Waals surface area contributed by atoms with Crippen molar-refractivity contribution in [3.05, 3.63) is 64.5 Å². The van der Waals surface area contributed by atoms with Gasteiger partial charge in [0.05, 0.1) is 17.0 Å². The molecule has 0 saturated heterocycles. The number of aromatic amines is 1. The van der Waals surface area contributed by atoms with Crippen molar-refractivity contribution in [1.29, 1.82) is 0 Å². The maximum absolute atomic E-state index is 13.9. The molecule has 4 aromatic rings. The average Bonchev–Trinajstić information content (AvgIpc) is 3.11. The van der Waals surface area contributed by atoms with Crippen LogP contribution in [0.1, 0.15) is 0 Å². The largest absolute Gasteiger partial charge is 0.350 e. The van der Waals surface area contributed by atoms with Crippen molar-refractivity contribution in [2.45, 2.75) is 5.16 Å². The van der Waals surface area contributed by atoms with Crippen LogP contribution in [-0.4, -0.2) is 30.3 Å². The zero-order chi connectivity index (χ0) is 20.5. The summed E-state index contributed by atoms with van der Waals surface area (Å²) in [5.41, 5.74) is 0.00188.